The lowest BCUT2D eigenvalue weighted by molar-refractivity contribution is 0.102. The van der Waals surface area contributed by atoms with Gasteiger partial charge in [0.2, 0.25) is 0 Å². The molecule has 3 aliphatic carbocycles. The van der Waals surface area contributed by atoms with E-state index in [2.05, 4.69) is 31.2 Å². The van der Waals surface area contributed by atoms with Crippen molar-refractivity contribution in [2.75, 3.05) is 6.67 Å². The van der Waals surface area contributed by atoms with Gasteiger partial charge < -0.3 is 0 Å². The number of alkyl halides is 1. The zero-order valence-corrected chi connectivity index (χ0v) is 22.3. The van der Waals surface area contributed by atoms with Gasteiger partial charge in [0.1, 0.15) is 0 Å². The van der Waals surface area contributed by atoms with Crippen molar-refractivity contribution in [3.63, 3.8) is 0 Å². The van der Waals surface area contributed by atoms with Crippen molar-refractivity contribution >= 4 is 0 Å². The lowest BCUT2D eigenvalue weighted by Crippen LogP contribution is -2.29. The Kier molecular flexibility index (Phi) is 10.8. The summed E-state index contributed by atoms with van der Waals surface area (Å²) in [5.41, 5.74) is 2.87. The maximum atomic E-state index is 12.3. The predicted octanol–water partition coefficient (Wildman–Crippen LogP) is 10.1. The molecule has 0 N–H and O–H groups in total. The van der Waals surface area contributed by atoms with E-state index in [0.717, 1.165) is 48.3 Å². The summed E-state index contributed by atoms with van der Waals surface area (Å²) in [6.45, 7) is 2.18. The van der Waals surface area contributed by atoms with Crippen LogP contribution >= 0.6 is 0 Å². The van der Waals surface area contributed by atoms with Crippen molar-refractivity contribution in [1.29, 1.82) is 0 Å². The van der Waals surface area contributed by atoms with Crippen LogP contribution < -0.4 is 0 Å². The van der Waals surface area contributed by atoms with Crippen molar-refractivity contribution in [3.8, 4) is 0 Å². The smallest absolute Gasteiger partial charge is 0.0894 e. The van der Waals surface area contributed by atoms with Crippen LogP contribution in [0.4, 0.5) is 4.39 Å². The Balaban J connectivity index is 1.10. The van der Waals surface area contributed by atoms with Gasteiger partial charge >= 0.3 is 0 Å². The highest BCUT2D eigenvalue weighted by Crippen LogP contribution is 2.46. The molecule has 0 spiro atoms. The van der Waals surface area contributed by atoms with Crippen molar-refractivity contribution in [2.24, 2.45) is 35.5 Å². The predicted molar refractivity (Wildman–Crippen MR) is 145 cm³/mol. The molecule has 1 aromatic carbocycles. The number of hydrogen-bond donors (Lipinski definition) is 0. The number of rotatable bonds is 11. The lowest BCUT2D eigenvalue weighted by atomic mass is 9.64. The van der Waals surface area contributed by atoms with Crippen molar-refractivity contribution in [2.45, 2.75) is 129 Å². The van der Waals surface area contributed by atoms with E-state index in [0.29, 0.717) is 6.42 Å². The average Bonchev–Trinajstić information content (AvgIpc) is 2.89. The first-order chi connectivity index (χ1) is 16.7. The molecule has 0 bridgehead atoms. The minimum absolute atomic E-state index is 0.179. The second-order valence-corrected chi connectivity index (χ2v) is 12.5. The Morgan fingerprint density at radius 3 is 1.41 bits per heavy atom. The first-order valence-corrected chi connectivity index (χ1v) is 15.4. The van der Waals surface area contributed by atoms with Crippen LogP contribution in [0.25, 0.3) is 0 Å². The molecule has 192 valence electrons. The summed E-state index contributed by atoms with van der Waals surface area (Å²) < 4.78 is 12.3. The molecule has 0 nitrogen and oxygen atoms in total. The number of halogens is 1. The van der Waals surface area contributed by atoms with Crippen LogP contribution in [0, 0.1) is 35.5 Å². The number of unbranched alkanes of at least 4 members (excludes halogenated alkanes) is 1. The third-order valence-electron chi connectivity index (χ3n) is 10.3. The topological polar surface area (TPSA) is 0 Å². The second kappa shape index (κ2) is 14.0. The monoisotopic (exact) mass is 468 g/mol. The third kappa shape index (κ3) is 7.83. The molecule has 0 atom stereocenters. The van der Waals surface area contributed by atoms with Crippen molar-refractivity contribution < 1.29 is 4.39 Å². The molecule has 4 rings (SSSR count). The van der Waals surface area contributed by atoms with Gasteiger partial charge in [-0.15, -0.1) is 0 Å². The zero-order chi connectivity index (χ0) is 23.6. The Labute approximate surface area is 210 Å². The quantitative estimate of drug-likeness (QED) is 0.283. The summed E-state index contributed by atoms with van der Waals surface area (Å²) in [6.07, 6.45) is 26.5. The highest BCUT2D eigenvalue weighted by Gasteiger charge is 2.34. The van der Waals surface area contributed by atoms with Crippen molar-refractivity contribution in [3.05, 3.63) is 35.4 Å². The molecule has 0 aromatic heterocycles. The summed E-state index contributed by atoms with van der Waals surface area (Å²) in [6, 6.07) is 9.20. The Bertz CT molecular complexity index is 654. The van der Waals surface area contributed by atoms with E-state index in [-0.39, 0.29) is 6.67 Å². The fourth-order valence-corrected chi connectivity index (χ4v) is 8.06. The first-order valence-electron chi connectivity index (χ1n) is 15.4. The molecule has 0 aliphatic heterocycles. The van der Waals surface area contributed by atoms with Crippen molar-refractivity contribution in [1.82, 2.24) is 0 Å². The van der Waals surface area contributed by atoms with Crippen LogP contribution in [-0.4, -0.2) is 6.67 Å². The van der Waals surface area contributed by atoms with E-state index in [1.165, 1.54) is 75.3 Å². The average molecular weight is 469 g/mol. The molecular weight excluding hydrogens is 415 g/mol. The maximum Gasteiger partial charge on any atom is 0.0894 e. The Hall–Kier alpha value is -0.850. The van der Waals surface area contributed by atoms with Crippen LogP contribution in [0.5, 0.6) is 0 Å². The fourth-order valence-electron chi connectivity index (χ4n) is 8.06. The van der Waals surface area contributed by atoms with Gasteiger partial charge in [-0.3, -0.25) is 4.39 Å². The second-order valence-electron chi connectivity index (χ2n) is 12.5. The van der Waals surface area contributed by atoms with Gasteiger partial charge in [0.05, 0.1) is 6.67 Å². The minimum atomic E-state index is -0.179. The summed E-state index contributed by atoms with van der Waals surface area (Å²) in [4.78, 5) is 0. The normalized spacial score (nSPS) is 32.5. The Morgan fingerprint density at radius 2 is 0.971 bits per heavy atom. The summed E-state index contributed by atoms with van der Waals surface area (Å²) in [5.74, 6) is 6.26. The molecule has 3 fully saturated rings. The van der Waals surface area contributed by atoms with E-state index in [1.807, 2.05) is 0 Å². The first kappa shape index (κ1) is 26.2. The standard InChI is InChI=1S/C33H53F/c1-2-5-26-13-17-30(18-14-26)32-21-23-33(24-22-32)31-19-15-29(16-20-31)12-11-28-9-7-27(8-10-28)6-3-4-25-34/h7-10,26,29-33H,2-6,11-25H2,1H3/t26-,29?,30-,31?,32-,33-. The summed E-state index contributed by atoms with van der Waals surface area (Å²) in [7, 11) is 0. The van der Waals surface area contributed by atoms with Gasteiger partial charge in [0, 0.05) is 0 Å². The fraction of sp³-hybridized carbons (Fsp3) is 0.818. The summed E-state index contributed by atoms with van der Waals surface area (Å²) >= 11 is 0. The van der Waals surface area contributed by atoms with Crippen LogP contribution in [-0.2, 0) is 12.8 Å². The molecule has 1 heteroatoms. The number of hydrogen-bond acceptors (Lipinski definition) is 0. The van der Waals surface area contributed by atoms with E-state index >= 15 is 0 Å². The molecule has 0 radical (unpaired) electrons. The number of aryl methyl sites for hydroxylation is 2. The van der Waals surface area contributed by atoms with Gasteiger partial charge in [-0.1, -0.05) is 69.7 Å². The third-order valence-corrected chi connectivity index (χ3v) is 10.3. The zero-order valence-electron chi connectivity index (χ0n) is 22.3. The molecular formula is C33H53F. The van der Waals surface area contributed by atoms with Gasteiger partial charge in [-0.25, -0.2) is 0 Å². The molecule has 34 heavy (non-hydrogen) atoms. The van der Waals surface area contributed by atoms with E-state index in [4.69, 9.17) is 0 Å². The van der Waals surface area contributed by atoms with Crippen LogP contribution in [0.2, 0.25) is 0 Å². The molecule has 0 heterocycles. The summed E-state index contributed by atoms with van der Waals surface area (Å²) in [5, 5.41) is 0. The van der Waals surface area contributed by atoms with E-state index in [9.17, 15) is 4.39 Å². The van der Waals surface area contributed by atoms with Crippen LogP contribution in [0.1, 0.15) is 127 Å². The Morgan fingerprint density at radius 1 is 0.559 bits per heavy atom. The van der Waals surface area contributed by atoms with Crippen LogP contribution in [0.3, 0.4) is 0 Å². The van der Waals surface area contributed by atoms with Gasteiger partial charge in [-0.2, -0.15) is 0 Å². The van der Waals surface area contributed by atoms with Crippen LogP contribution in [0.15, 0.2) is 24.3 Å². The molecule has 3 aliphatic rings. The highest BCUT2D eigenvalue weighted by atomic mass is 19.1. The lowest BCUT2D eigenvalue weighted by Gasteiger charge is -2.41. The molecule has 3 saturated carbocycles. The van der Waals surface area contributed by atoms with Gasteiger partial charge in [-0.05, 0) is 130 Å². The highest BCUT2D eigenvalue weighted by molar-refractivity contribution is 5.22. The minimum Gasteiger partial charge on any atom is -0.251 e. The molecule has 0 saturated heterocycles. The molecule has 0 unspecified atom stereocenters. The van der Waals surface area contributed by atoms with Gasteiger partial charge in [0.25, 0.3) is 0 Å². The number of benzene rings is 1. The van der Waals surface area contributed by atoms with Gasteiger partial charge in [0.15, 0.2) is 0 Å². The van der Waals surface area contributed by atoms with E-state index < -0.39 is 0 Å². The molecule has 0 amide bonds. The largest absolute Gasteiger partial charge is 0.251 e. The SMILES string of the molecule is CCC[C@H]1CC[C@H]([C@H]2CC[C@H](C3CCC(CCc4ccc(CCCCF)cc4)CC3)CC2)CC1. The maximum absolute atomic E-state index is 12.3. The van der Waals surface area contributed by atoms with E-state index in [1.54, 1.807) is 38.5 Å². The molecule has 1 aromatic rings.